The highest BCUT2D eigenvalue weighted by Crippen LogP contribution is 2.18. The number of hydrogen-bond donors (Lipinski definition) is 1. The first-order chi connectivity index (χ1) is 10.1. The van der Waals surface area contributed by atoms with Crippen molar-refractivity contribution in [2.45, 2.75) is 13.5 Å². The van der Waals surface area contributed by atoms with Crippen LogP contribution in [0.2, 0.25) is 0 Å². The second-order valence-electron chi connectivity index (χ2n) is 4.55. The largest absolute Gasteiger partial charge is 0.489 e. The third kappa shape index (κ3) is 4.30. The van der Waals surface area contributed by atoms with E-state index >= 15 is 0 Å². The number of ether oxygens (including phenoxy) is 1. The lowest BCUT2D eigenvalue weighted by molar-refractivity contribution is 0.304. The third-order valence-corrected chi connectivity index (χ3v) is 2.84. The Hall–Kier alpha value is -2.38. The highest BCUT2D eigenvalue weighted by atomic mass is 19.1. The van der Waals surface area contributed by atoms with E-state index < -0.39 is 5.82 Å². The molecule has 0 spiro atoms. The van der Waals surface area contributed by atoms with Crippen molar-refractivity contribution < 1.29 is 13.5 Å². The number of halogens is 2. The van der Waals surface area contributed by atoms with Crippen molar-refractivity contribution in [3.8, 4) is 17.6 Å². The van der Waals surface area contributed by atoms with E-state index in [2.05, 4.69) is 11.8 Å². The van der Waals surface area contributed by atoms with Gasteiger partial charge in [-0.3, -0.25) is 0 Å². The molecule has 2 nitrogen and oxygen atoms in total. The first kappa shape index (κ1) is 15.0. The second-order valence-corrected chi connectivity index (χ2v) is 4.55. The van der Waals surface area contributed by atoms with Crippen molar-refractivity contribution in [3.63, 3.8) is 0 Å². The van der Waals surface area contributed by atoms with Gasteiger partial charge in [-0.25, -0.2) is 8.78 Å². The summed E-state index contributed by atoms with van der Waals surface area (Å²) in [4.78, 5) is 0. The Bertz CT molecular complexity index is 702. The van der Waals surface area contributed by atoms with Gasteiger partial charge in [-0.15, -0.1) is 0 Å². The second kappa shape index (κ2) is 6.87. The van der Waals surface area contributed by atoms with Crippen molar-refractivity contribution in [2.75, 3.05) is 6.54 Å². The van der Waals surface area contributed by atoms with E-state index in [1.54, 1.807) is 25.1 Å². The standard InChI is InChI=1S/C17H15F2NO/c1-12-4-5-16(10-17(12)19)21-11-14-7-13(3-2-6-20)8-15(18)9-14/h4-5,7-10H,6,11,20H2,1H3. The fourth-order valence-electron chi connectivity index (χ4n) is 1.79. The monoisotopic (exact) mass is 287 g/mol. The zero-order valence-electron chi connectivity index (χ0n) is 11.6. The Kier molecular flexibility index (Phi) is 4.91. The molecular weight excluding hydrogens is 272 g/mol. The first-order valence-corrected chi connectivity index (χ1v) is 6.46. The molecule has 0 amide bonds. The molecule has 0 aliphatic heterocycles. The quantitative estimate of drug-likeness (QED) is 0.880. The van der Waals surface area contributed by atoms with Crippen LogP contribution in [0.5, 0.6) is 5.75 Å². The summed E-state index contributed by atoms with van der Waals surface area (Å²) in [7, 11) is 0. The number of rotatable bonds is 3. The molecule has 2 aromatic rings. The van der Waals surface area contributed by atoms with Crippen molar-refractivity contribution in [2.24, 2.45) is 5.73 Å². The normalized spacial score (nSPS) is 9.90. The van der Waals surface area contributed by atoms with Crippen LogP contribution in [-0.2, 0) is 6.61 Å². The number of nitrogens with two attached hydrogens (primary N) is 1. The third-order valence-electron chi connectivity index (χ3n) is 2.84. The van der Waals surface area contributed by atoms with Crippen LogP contribution in [0.3, 0.4) is 0 Å². The van der Waals surface area contributed by atoms with Gasteiger partial charge in [-0.1, -0.05) is 17.9 Å². The van der Waals surface area contributed by atoms with Crippen LogP contribution in [-0.4, -0.2) is 6.54 Å². The molecule has 0 atom stereocenters. The van der Waals surface area contributed by atoms with Gasteiger partial charge in [-0.05, 0) is 42.3 Å². The van der Waals surface area contributed by atoms with E-state index in [1.165, 1.54) is 18.2 Å². The molecule has 0 bridgehead atoms. The summed E-state index contributed by atoms with van der Waals surface area (Å²) in [5, 5.41) is 0. The molecular formula is C17H15F2NO. The van der Waals surface area contributed by atoms with E-state index in [4.69, 9.17) is 10.5 Å². The fraction of sp³-hybridized carbons (Fsp3) is 0.176. The first-order valence-electron chi connectivity index (χ1n) is 6.46. The molecule has 0 saturated heterocycles. The lowest BCUT2D eigenvalue weighted by Crippen LogP contribution is -1.98. The molecule has 2 rings (SSSR count). The molecule has 0 saturated carbocycles. The van der Waals surface area contributed by atoms with Gasteiger partial charge in [0, 0.05) is 11.6 Å². The molecule has 0 unspecified atom stereocenters. The highest BCUT2D eigenvalue weighted by Gasteiger charge is 2.03. The smallest absolute Gasteiger partial charge is 0.129 e. The lowest BCUT2D eigenvalue weighted by atomic mass is 10.1. The molecule has 2 N–H and O–H groups in total. The van der Waals surface area contributed by atoms with Crippen LogP contribution in [0.25, 0.3) is 0 Å². The molecule has 0 radical (unpaired) electrons. The van der Waals surface area contributed by atoms with Crippen LogP contribution >= 0.6 is 0 Å². The van der Waals surface area contributed by atoms with E-state index in [1.807, 2.05) is 0 Å². The molecule has 0 aliphatic rings. The Morgan fingerprint density at radius 2 is 1.95 bits per heavy atom. The van der Waals surface area contributed by atoms with Crippen LogP contribution < -0.4 is 10.5 Å². The van der Waals surface area contributed by atoms with Crippen molar-refractivity contribution >= 4 is 0 Å². The van der Waals surface area contributed by atoms with Crippen LogP contribution in [0.4, 0.5) is 8.78 Å². The molecule has 0 aromatic heterocycles. The van der Waals surface area contributed by atoms with Gasteiger partial charge in [0.2, 0.25) is 0 Å². The Morgan fingerprint density at radius 1 is 1.14 bits per heavy atom. The van der Waals surface area contributed by atoms with Gasteiger partial charge < -0.3 is 10.5 Å². The Balaban J connectivity index is 2.12. The maximum atomic E-state index is 13.5. The van der Waals surface area contributed by atoms with Crippen LogP contribution in [0, 0.1) is 30.4 Å². The summed E-state index contributed by atoms with van der Waals surface area (Å²) < 4.78 is 32.3. The summed E-state index contributed by atoms with van der Waals surface area (Å²) in [6, 6.07) is 9.02. The summed E-state index contributed by atoms with van der Waals surface area (Å²) in [5.41, 5.74) is 6.99. The predicted octanol–water partition coefficient (Wildman–Crippen LogP) is 3.16. The summed E-state index contributed by atoms with van der Waals surface area (Å²) in [6.45, 7) is 2.02. The van der Waals surface area contributed by atoms with Gasteiger partial charge in [0.1, 0.15) is 24.0 Å². The van der Waals surface area contributed by atoms with E-state index in [9.17, 15) is 8.78 Å². The minimum Gasteiger partial charge on any atom is -0.489 e. The number of hydrogen-bond acceptors (Lipinski definition) is 2. The Morgan fingerprint density at radius 3 is 2.67 bits per heavy atom. The van der Waals surface area contributed by atoms with Gasteiger partial charge in [0.05, 0.1) is 6.54 Å². The van der Waals surface area contributed by atoms with Crippen molar-refractivity contribution in [1.82, 2.24) is 0 Å². The van der Waals surface area contributed by atoms with Crippen molar-refractivity contribution in [3.05, 3.63) is 64.7 Å². The number of aryl methyl sites for hydroxylation is 1. The van der Waals surface area contributed by atoms with Gasteiger partial charge in [-0.2, -0.15) is 0 Å². The van der Waals surface area contributed by atoms with E-state index in [0.29, 0.717) is 22.4 Å². The highest BCUT2D eigenvalue weighted by molar-refractivity contribution is 5.38. The molecule has 0 fully saturated rings. The Labute approximate surface area is 122 Å². The van der Waals surface area contributed by atoms with Crippen molar-refractivity contribution in [1.29, 1.82) is 0 Å². The maximum absolute atomic E-state index is 13.5. The molecule has 0 heterocycles. The predicted molar refractivity (Wildman–Crippen MR) is 77.8 cm³/mol. The summed E-state index contributed by atoms with van der Waals surface area (Å²) >= 11 is 0. The molecule has 21 heavy (non-hydrogen) atoms. The van der Waals surface area contributed by atoms with Crippen LogP contribution in [0.1, 0.15) is 16.7 Å². The van der Waals surface area contributed by atoms with E-state index in [-0.39, 0.29) is 19.0 Å². The van der Waals surface area contributed by atoms with Gasteiger partial charge >= 0.3 is 0 Å². The fourth-order valence-corrected chi connectivity index (χ4v) is 1.79. The average Bonchev–Trinajstić information content (AvgIpc) is 2.46. The van der Waals surface area contributed by atoms with Gasteiger partial charge in [0.25, 0.3) is 0 Å². The van der Waals surface area contributed by atoms with E-state index in [0.717, 1.165) is 0 Å². The van der Waals surface area contributed by atoms with Gasteiger partial charge in [0.15, 0.2) is 0 Å². The molecule has 4 heteroatoms. The summed E-state index contributed by atoms with van der Waals surface area (Å²) in [5.74, 6) is 5.11. The zero-order valence-corrected chi connectivity index (χ0v) is 11.6. The SMILES string of the molecule is Cc1ccc(OCc2cc(F)cc(C#CCN)c2)cc1F. The molecule has 2 aromatic carbocycles. The molecule has 0 aliphatic carbocycles. The maximum Gasteiger partial charge on any atom is 0.129 e. The van der Waals surface area contributed by atoms with Crippen LogP contribution in [0.15, 0.2) is 36.4 Å². The topological polar surface area (TPSA) is 35.2 Å². The average molecular weight is 287 g/mol. The zero-order chi connectivity index (χ0) is 15.2. The molecule has 108 valence electrons. The minimum atomic E-state index is -0.396. The summed E-state index contributed by atoms with van der Waals surface area (Å²) in [6.07, 6.45) is 0. The minimum absolute atomic E-state index is 0.136. The lowest BCUT2D eigenvalue weighted by Gasteiger charge is -2.08. The number of benzene rings is 2.